The molecule has 0 saturated carbocycles. The smallest absolute Gasteiger partial charge is 0.253 e. The van der Waals surface area contributed by atoms with Gasteiger partial charge in [0, 0.05) is 16.8 Å². The predicted octanol–water partition coefficient (Wildman–Crippen LogP) is 1.03. The van der Waals surface area contributed by atoms with Crippen molar-refractivity contribution in [2.75, 3.05) is 12.3 Å². The third-order valence-corrected chi connectivity index (χ3v) is 2.14. The number of aliphatic hydroxyl groups excluding tert-OH is 1. The molecule has 0 aliphatic carbocycles. The maximum Gasteiger partial charge on any atom is 0.253 e. The van der Waals surface area contributed by atoms with Crippen LogP contribution in [0.2, 0.25) is 5.02 Å². The number of nitrogens with one attached hydrogen (secondary N) is 1. The Labute approximate surface area is 93.0 Å². The van der Waals surface area contributed by atoms with Gasteiger partial charge in [-0.25, -0.2) is 0 Å². The number of nitrogen functional groups attached to an aromatic ring is 1. The lowest BCUT2D eigenvalue weighted by molar-refractivity contribution is 0.0923. The van der Waals surface area contributed by atoms with Crippen LogP contribution in [0.1, 0.15) is 17.3 Å². The maximum atomic E-state index is 11.6. The number of carbonyl (C=O) groups excluding carboxylic acids is 1. The number of anilines is 1. The summed E-state index contributed by atoms with van der Waals surface area (Å²) in [4.78, 5) is 11.6. The van der Waals surface area contributed by atoms with Gasteiger partial charge < -0.3 is 16.2 Å². The number of carbonyl (C=O) groups is 1. The van der Waals surface area contributed by atoms with Crippen LogP contribution in [0.3, 0.4) is 0 Å². The van der Waals surface area contributed by atoms with E-state index in [1.165, 1.54) is 6.07 Å². The molecule has 0 aliphatic rings. The van der Waals surface area contributed by atoms with Crippen molar-refractivity contribution in [2.45, 2.75) is 13.0 Å². The van der Waals surface area contributed by atoms with Crippen molar-refractivity contribution >= 4 is 23.2 Å². The van der Waals surface area contributed by atoms with Crippen molar-refractivity contribution in [3.8, 4) is 0 Å². The van der Waals surface area contributed by atoms with Crippen LogP contribution < -0.4 is 11.1 Å². The molecule has 0 fully saturated rings. The van der Waals surface area contributed by atoms with Crippen molar-refractivity contribution in [1.82, 2.24) is 5.32 Å². The van der Waals surface area contributed by atoms with E-state index >= 15 is 0 Å². The van der Waals surface area contributed by atoms with Crippen LogP contribution in [0, 0.1) is 0 Å². The van der Waals surface area contributed by atoms with E-state index in [0.717, 1.165) is 0 Å². The molecule has 1 amide bonds. The molecule has 15 heavy (non-hydrogen) atoms. The van der Waals surface area contributed by atoms with E-state index in [9.17, 15) is 4.79 Å². The fourth-order valence-electron chi connectivity index (χ4n) is 1.09. The first-order valence-corrected chi connectivity index (χ1v) is 4.89. The van der Waals surface area contributed by atoms with Gasteiger partial charge in [-0.3, -0.25) is 4.79 Å². The molecule has 0 radical (unpaired) electrons. The summed E-state index contributed by atoms with van der Waals surface area (Å²) in [6.07, 6.45) is 0. The van der Waals surface area contributed by atoms with Gasteiger partial charge in [0.2, 0.25) is 0 Å². The number of halogens is 1. The highest BCUT2D eigenvalue weighted by molar-refractivity contribution is 6.31. The quantitative estimate of drug-likeness (QED) is 0.677. The van der Waals surface area contributed by atoms with Crippen molar-refractivity contribution in [2.24, 2.45) is 0 Å². The second-order valence-electron chi connectivity index (χ2n) is 3.29. The Kier molecular flexibility index (Phi) is 3.94. The van der Waals surface area contributed by atoms with E-state index in [1.54, 1.807) is 19.1 Å². The first kappa shape index (κ1) is 11.8. The average Bonchev–Trinajstić information content (AvgIpc) is 2.17. The van der Waals surface area contributed by atoms with Crippen LogP contribution in [0.15, 0.2) is 18.2 Å². The minimum atomic E-state index is -0.314. The van der Waals surface area contributed by atoms with Crippen molar-refractivity contribution in [1.29, 1.82) is 0 Å². The van der Waals surface area contributed by atoms with E-state index in [0.29, 0.717) is 16.3 Å². The van der Waals surface area contributed by atoms with Crippen molar-refractivity contribution in [3.63, 3.8) is 0 Å². The van der Waals surface area contributed by atoms with E-state index in [-0.39, 0.29) is 18.6 Å². The molecule has 1 atom stereocenters. The fourth-order valence-corrected chi connectivity index (χ4v) is 1.27. The molecular formula is C10H13ClN2O2. The number of hydrogen-bond donors (Lipinski definition) is 3. The van der Waals surface area contributed by atoms with Crippen LogP contribution in [-0.4, -0.2) is 23.7 Å². The highest BCUT2D eigenvalue weighted by Gasteiger charge is 2.11. The Bertz CT molecular complexity index is 368. The van der Waals surface area contributed by atoms with E-state index in [1.807, 2.05) is 0 Å². The average molecular weight is 229 g/mol. The lowest BCUT2D eigenvalue weighted by Gasteiger charge is -2.12. The van der Waals surface area contributed by atoms with Gasteiger partial charge in [-0.15, -0.1) is 0 Å². The third kappa shape index (κ3) is 3.11. The number of rotatable bonds is 3. The normalized spacial score (nSPS) is 12.2. The SMILES string of the molecule is C[C@H](CO)NC(=O)c1ccc(Cl)cc1N. The van der Waals surface area contributed by atoms with Gasteiger partial charge in [-0.2, -0.15) is 0 Å². The maximum absolute atomic E-state index is 11.6. The third-order valence-electron chi connectivity index (χ3n) is 1.91. The largest absolute Gasteiger partial charge is 0.398 e. The van der Waals surface area contributed by atoms with E-state index < -0.39 is 0 Å². The molecule has 1 rings (SSSR count). The second kappa shape index (κ2) is 5.00. The molecule has 5 heteroatoms. The minimum Gasteiger partial charge on any atom is -0.398 e. The number of aliphatic hydroxyl groups is 1. The molecule has 0 bridgehead atoms. The van der Waals surface area contributed by atoms with Gasteiger partial charge >= 0.3 is 0 Å². The first-order chi connectivity index (χ1) is 7.04. The summed E-state index contributed by atoms with van der Waals surface area (Å²) >= 11 is 5.70. The Morgan fingerprint density at radius 2 is 2.33 bits per heavy atom. The Hall–Kier alpha value is -1.26. The molecule has 0 spiro atoms. The number of nitrogens with two attached hydrogens (primary N) is 1. The molecule has 0 saturated heterocycles. The van der Waals surface area contributed by atoms with Gasteiger partial charge in [0.05, 0.1) is 12.2 Å². The molecule has 1 aromatic carbocycles. The molecule has 0 aromatic heterocycles. The second-order valence-corrected chi connectivity index (χ2v) is 3.73. The molecule has 82 valence electrons. The van der Waals surface area contributed by atoms with Gasteiger partial charge in [-0.05, 0) is 25.1 Å². The van der Waals surface area contributed by atoms with Crippen LogP contribution in [0.4, 0.5) is 5.69 Å². The summed E-state index contributed by atoms with van der Waals surface area (Å²) in [5.74, 6) is -0.314. The Balaban J connectivity index is 2.82. The summed E-state index contributed by atoms with van der Waals surface area (Å²) in [6, 6.07) is 4.36. The van der Waals surface area contributed by atoms with Crippen molar-refractivity contribution < 1.29 is 9.90 Å². The zero-order valence-electron chi connectivity index (χ0n) is 8.33. The first-order valence-electron chi connectivity index (χ1n) is 4.51. The van der Waals surface area contributed by atoms with Gasteiger partial charge in [0.25, 0.3) is 5.91 Å². The van der Waals surface area contributed by atoms with Crippen LogP contribution in [0.5, 0.6) is 0 Å². The van der Waals surface area contributed by atoms with Crippen molar-refractivity contribution in [3.05, 3.63) is 28.8 Å². The lowest BCUT2D eigenvalue weighted by Crippen LogP contribution is -2.35. The Morgan fingerprint density at radius 3 is 2.87 bits per heavy atom. The topological polar surface area (TPSA) is 75.3 Å². The van der Waals surface area contributed by atoms with Crippen LogP contribution in [0.25, 0.3) is 0 Å². The zero-order chi connectivity index (χ0) is 11.4. The predicted molar refractivity (Wildman–Crippen MR) is 59.9 cm³/mol. The highest BCUT2D eigenvalue weighted by atomic mass is 35.5. The zero-order valence-corrected chi connectivity index (χ0v) is 9.08. The number of hydrogen-bond acceptors (Lipinski definition) is 3. The lowest BCUT2D eigenvalue weighted by atomic mass is 10.1. The summed E-state index contributed by atoms with van der Waals surface area (Å²) in [7, 11) is 0. The molecule has 0 heterocycles. The summed E-state index contributed by atoms with van der Waals surface area (Å²) in [5.41, 5.74) is 6.32. The highest BCUT2D eigenvalue weighted by Crippen LogP contribution is 2.17. The molecule has 4 N–H and O–H groups in total. The van der Waals surface area contributed by atoms with Gasteiger partial charge in [0.15, 0.2) is 0 Å². The van der Waals surface area contributed by atoms with Crippen LogP contribution in [-0.2, 0) is 0 Å². The molecule has 4 nitrogen and oxygen atoms in total. The summed E-state index contributed by atoms with van der Waals surface area (Å²) < 4.78 is 0. The Morgan fingerprint density at radius 1 is 1.67 bits per heavy atom. The molecule has 0 unspecified atom stereocenters. The molecule has 0 aliphatic heterocycles. The van der Waals surface area contributed by atoms with Gasteiger partial charge in [-0.1, -0.05) is 11.6 Å². The summed E-state index contributed by atoms with van der Waals surface area (Å²) in [5, 5.41) is 11.9. The number of benzene rings is 1. The minimum absolute atomic E-state index is 0.112. The monoisotopic (exact) mass is 228 g/mol. The molecular weight excluding hydrogens is 216 g/mol. The standard InChI is InChI=1S/C10H13ClN2O2/c1-6(5-14)13-10(15)8-3-2-7(11)4-9(8)12/h2-4,6,14H,5,12H2,1H3,(H,13,15)/t6-/m1/s1. The van der Waals surface area contributed by atoms with Crippen LogP contribution >= 0.6 is 11.6 Å². The summed E-state index contributed by atoms with van der Waals surface area (Å²) in [6.45, 7) is 1.59. The number of amides is 1. The van der Waals surface area contributed by atoms with E-state index in [2.05, 4.69) is 5.32 Å². The van der Waals surface area contributed by atoms with E-state index in [4.69, 9.17) is 22.4 Å². The fraction of sp³-hybridized carbons (Fsp3) is 0.300. The molecule has 1 aromatic rings. The van der Waals surface area contributed by atoms with Gasteiger partial charge in [0.1, 0.15) is 0 Å².